The molecular weight excluding hydrogens is 252 g/mol. The van der Waals surface area contributed by atoms with E-state index in [4.69, 9.17) is 0 Å². The van der Waals surface area contributed by atoms with Crippen molar-refractivity contribution < 1.29 is 9.53 Å². The molecule has 0 aliphatic heterocycles. The van der Waals surface area contributed by atoms with Gasteiger partial charge in [-0.15, -0.1) is 0 Å². The standard InChI is InChI=1S/C12H22N2O2.2C2H6/c1-10(2)6-7-14(4)9-11(13-3)8-12(15)16-5;2*1-2/h9-10H,3,6-8H2,1-2,4-5H3;2*1-2H3/b11-9-;;. The number of rotatable bonds is 7. The van der Waals surface area contributed by atoms with Crippen LogP contribution in [-0.4, -0.2) is 38.3 Å². The quantitative estimate of drug-likeness (QED) is 0.522. The number of methoxy groups -OCH3 is 1. The van der Waals surface area contributed by atoms with Crippen molar-refractivity contribution in [1.82, 2.24) is 4.90 Å². The summed E-state index contributed by atoms with van der Waals surface area (Å²) in [6.45, 7) is 16.7. The van der Waals surface area contributed by atoms with Crippen LogP contribution in [0.4, 0.5) is 0 Å². The highest BCUT2D eigenvalue weighted by Crippen LogP contribution is 2.07. The molecule has 0 aliphatic rings. The van der Waals surface area contributed by atoms with Gasteiger partial charge in [0.2, 0.25) is 0 Å². The summed E-state index contributed by atoms with van der Waals surface area (Å²) in [5.74, 6) is 0.368. The van der Waals surface area contributed by atoms with Crippen molar-refractivity contribution >= 4 is 12.7 Å². The monoisotopic (exact) mass is 286 g/mol. The van der Waals surface area contributed by atoms with E-state index in [-0.39, 0.29) is 12.4 Å². The first-order valence-electron chi connectivity index (χ1n) is 7.44. The summed E-state index contributed by atoms with van der Waals surface area (Å²) in [5, 5.41) is 0. The molecule has 0 aliphatic carbocycles. The lowest BCUT2D eigenvalue weighted by Crippen LogP contribution is -2.15. The Bertz CT molecular complexity index is 261. The molecule has 120 valence electrons. The molecule has 0 aromatic carbocycles. The Kier molecular flexibility index (Phi) is 21.0. The Morgan fingerprint density at radius 2 is 1.80 bits per heavy atom. The molecule has 0 saturated heterocycles. The summed E-state index contributed by atoms with van der Waals surface area (Å²) in [7, 11) is 3.33. The Balaban J connectivity index is -0.000000656. The normalized spacial score (nSPS) is 9.75. The molecule has 0 aromatic rings. The van der Waals surface area contributed by atoms with E-state index in [9.17, 15) is 4.79 Å². The third-order valence-electron chi connectivity index (χ3n) is 2.18. The highest BCUT2D eigenvalue weighted by atomic mass is 16.5. The van der Waals surface area contributed by atoms with Crippen LogP contribution in [0.15, 0.2) is 16.9 Å². The average molecular weight is 286 g/mol. The van der Waals surface area contributed by atoms with Gasteiger partial charge >= 0.3 is 5.97 Å². The molecule has 4 nitrogen and oxygen atoms in total. The molecular formula is C16H34N2O2. The minimum Gasteiger partial charge on any atom is -0.469 e. The fraction of sp³-hybridized carbons (Fsp3) is 0.750. The second-order valence-electron chi connectivity index (χ2n) is 4.19. The predicted octanol–water partition coefficient (Wildman–Crippen LogP) is 4.12. The first kappa shape index (κ1) is 23.7. The summed E-state index contributed by atoms with van der Waals surface area (Å²) in [4.78, 5) is 16.9. The Morgan fingerprint density at radius 1 is 1.30 bits per heavy atom. The maximum absolute atomic E-state index is 11.1. The van der Waals surface area contributed by atoms with Crippen molar-refractivity contribution in [2.24, 2.45) is 10.9 Å². The number of carbonyl (C=O) groups is 1. The number of hydrogen-bond acceptors (Lipinski definition) is 4. The molecule has 0 atom stereocenters. The molecule has 4 heteroatoms. The van der Waals surface area contributed by atoms with Crippen LogP contribution in [0, 0.1) is 5.92 Å². The minimum absolute atomic E-state index is 0.173. The van der Waals surface area contributed by atoms with Crippen molar-refractivity contribution in [2.75, 3.05) is 20.7 Å². The van der Waals surface area contributed by atoms with Gasteiger partial charge in [0.15, 0.2) is 0 Å². The highest BCUT2D eigenvalue weighted by Gasteiger charge is 2.05. The van der Waals surface area contributed by atoms with Crippen LogP contribution in [0.3, 0.4) is 0 Å². The van der Waals surface area contributed by atoms with E-state index in [0.717, 1.165) is 13.0 Å². The third kappa shape index (κ3) is 16.7. The van der Waals surface area contributed by atoms with Gasteiger partial charge in [-0.3, -0.25) is 9.79 Å². The summed E-state index contributed by atoms with van der Waals surface area (Å²) in [6, 6.07) is 0. The lowest BCUT2D eigenvalue weighted by Gasteiger charge is -2.16. The molecule has 0 unspecified atom stereocenters. The molecule has 0 bridgehead atoms. The van der Waals surface area contributed by atoms with Crippen LogP contribution in [0.2, 0.25) is 0 Å². The Hall–Kier alpha value is -1.32. The molecule has 0 heterocycles. The molecule has 0 radical (unpaired) electrons. The van der Waals surface area contributed by atoms with Gasteiger partial charge in [0, 0.05) is 19.8 Å². The van der Waals surface area contributed by atoms with Crippen molar-refractivity contribution in [1.29, 1.82) is 0 Å². The van der Waals surface area contributed by atoms with Gasteiger partial charge in [0.25, 0.3) is 0 Å². The first-order chi connectivity index (χ1) is 9.49. The third-order valence-corrected chi connectivity index (χ3v) is 2.18. The van der Waals surface area contributed by atoms with Gasteiger partial charge in [-0.05, 0) is 19.1 Å². The van der Waals surface area contributed by atoms with Crippen LogP contribution in [0.1, 0.15) is 54.4 Å². The molecule has 0 N–H and O–H groups in total. The molecule has 0 rings (SSSR count). The van der Waals surface area contributed by atoms with Crippen LogP contribution in [0.5, 0.6) is 0 Å². The van der Waals surface area contributed by atoms with E-state index >= 15 is 0 Å². The van der Waals surface area contributed by atoms with Crippen molar-refractivity contribution in [3.05, 3.63) is 11.9 Å². The fourth-order valence-electron chi connectivity index (χ4n) is 1.14. The van der Waals surface area contributed by atoms with Gasteiger partial charge in [-0.25, -0.2) is 0 Å². The number of esters is 1. The molecule has 0 spiro atoms. The van der Waals surface area contributed by atoms with Crippen molar-refractivity contribution in [3.63, 3.8) is 0 Å². The maximum Gasteiger partial charge on any atom is 0.311 e. The van der Waals surface area contributed by atoms with E-state index < -0.39 is 0 Å². The minimum atomic E-state index is -0.295. The summed E-state index contributed by atoms with van der Waals surface area (Å²) in [5.41, 5.74) is 0.637. The Morgan fingerprint density at radius 3 is 2.15 bits per heavy atom. The first-order valence-corrected chi connectivity index (χ1v) is 7.44. The maximum atomic E-state index is 11.1. The van der Waals surface area contributed by atoms with E-state index in [1.54, 1.807) is 0 Å². The van der Waals surface area contributed by atoms with Crippen LogP contribution >= 0.6 is 0 Å². The van der Waals surface area contributed by atoms with E-state index in [1.807, 2.05) is 45.8 Å². The smallest absolute Gasteiger partial charge is 0.311 e. The number of aliphatic imine (C=N–C) groups is 1. The van der Waals surface area contributed by atoms with Gasteiger partial charge in [-0.2, -0.15) is 0 Å². The lowest BCUT2D eigenvalue weighted by molar-refractivity contribution is -0.139. The zero-order valence-corrected chi connectivity index (χ0v) is 14.7. The van der Waals surface area contributed by atoms with Gasteiger partial charge < -0.3 is 9.64 Å². The predicted molar refractivity (Wildman–Crippen MR) is 89.0 cm³/mol. The van der Waals surface area contributed by atoms with E-state index in [2.05, 4.69) is 30.3 Å². The van der Waals surface area contributed by atoms with Crippen molar-refractivity contribution in [2.45, 2.75) is 54.4 Å². The Labute approximate surface area is 125 Å². The van der Waals surface area contributed by atoms with Gasteiger partial charge in [0.1, 0.15) is 0 Å². The summed E-state index contributed by atoms with van der Waals surface area (Å²) >= 11 is 0. The number of hydrogen-bond donors (Lipinski definition) is 0. The average Bonchev–Trinajstić information content (AvgIpc) is 2.48. The lowest BCUT2D eigenvalue weighted by atomic mass is 10.1. The van der Waals surface area contributed by atoms with Crippen molar-refractivity contribution in [3.8, 4) is 0 Å². The zero-order valence-electron chi connectivity index (χ0n) is 14.7. The summed E-state index contributed by atoms with van der Waals surface area (Å²) < 4.78 is 4.58. The SMILES string of the molecule is C=N/C(=C\N(C)CCC(C)C)CC(=O)OC.CC.CC. The highest BCUT2D eigenvalue weighted by molar-refractivity contribution is 5.72. The fourth-order valence-corrected chi connectivity index (χ4v) is 1.14. The number of carbonyl (C=O) groups excluding carboxylic acids is 1. The molecule has 0 fully saturated rings. The topological polar surface area (TPSA) is 41.9 Å². The van der Waals surface area contributed by atoms with Crippen LogP contribution in [-0.2, 0) is 9.53 Å². The molecule has 0 aromatic heterocycles. The van der Waals surface area contributed by atoms with E-state index in [1.165, 1.54) is 7.11 Å². The van der Waals surface area contributed by atoms with Gasteiger partial charge in [-0.1, -0.05) is 41.5 Å². The second kappa shape index (κ2) is 17.7. The zero-order chi connectivity index (χ0) is 16.6. The molecule has 20 heavy (non-hydrogen) atoms. The largest absolute Gasteiger partial charge is 0.469 e. The molecule has 0 saturated carbocycles. The number of nitrogens with zero attached hydrogens (tertiary/aromatic N) is 2. The molecule has 0 amide bonds. The van der Waals surface area contributed by atoms with Crippen LogP contribution < -0.4 is 0 Å². The second-order valence-corrected chi connectivity index (χ2v) is 4.19. The summed E-state index contributed by atoms with van der Waals surface area (Å²) in [6.07, 6.45) is 3.12. The van der Waals surface area contributed by atoms with Gasteiger partial charge in [0.05, 0.1) is 19.2 Å². The number of ether oxygens (including phenoxy) is 1. The van der Waals surface area contributed by atoms with Crippen LogP contribution in [0.25, 0.3) is 0 Å². The van der Waals surface area contributed by atoms with E-state index in [0.29, 0.717) is 11.6 Å².